The molecule has 1 amide bonds. The van der Waals surface area contributed by atoms with Crippen LogP contribution >= 0.6 is 0 Å². The number of hydrogen-bond donors (Lipinski definition) is 1. The zero-order valence-corrected chi connectivity index (χ0v) is 12.9. The van der Waals surface area contributed by atoms with Gasteiger partial charge < -0.3 is 10.2 Å². The van der Waals surface area contributed by atoms with Crippen molar-refractivity contribution in [3.8, 4) is 0 Å². The molecule has 5 nitrogen and oxygen atoms in total. The summed E-state index contributed by atoms with van der Waals surface area (Å²) < 4.78 is 1.62. The molecule has 0 spiro atoms. The third kappa shape index (κ3) is 1.96. The molecule has 2 aromatic rings. The van der Waals surface area contributed by atoms with Crippen LogP contribution in [0.4, 0.5) is 0 Å². The number of carbonyl (C=O) groups is 1. The van der Waals surface area contributed by atoms with Crippen LogP contribution in [0.5, 0.6) is 0 Å². The number of amides is 1. The Kier molecular flexibility index (Phi) is 3.04. The van der Waals surface area contributed by atoms with Gasteiger partial charge in [-0.3, -0.25) is 9.48 Å². The number of likely N-dealkylation sites (tertiary alicyclic amines) is 1. The van der Waals surface area contributed by atoms with Crippen LogP contribution in [0.3, 0.4) is 0 Å². The lowest BCUT2D eigenvalue weighted by Crippen LogP contribution is -2.34. The summed E-state index contributed by atoms with van der Waals surface area (Å²) in [5.74, 6) is 0.938. The molecule has 0 bridgehead atoms. The van der Waals surface area contributed by atoms with Crippen molar-refractivity contribution >= 4 is 5.91 Å². The maximum atomic E-state index is 12.6. The summed E-state index contributed by atoms with van der Waals surface area (Å²) in [6.45, 7) is 2.09. The van der Waals surface area contributed by atoms with Crippen LogP contribution in [-0.4, -0.2) is 40.7 Å². The molecule has 114 valence electrons. The topological polar surface area (TPSA) is 50.2 Å². The molecule has 4 rings (SSSR count). The van der Waals surface area contributed by atoms with Gasteiger partial charge in [-0.2, -0.15) is 5.10 Å². The summed E-state index contributed by atoms with van der Waals surface area (Å²) in [6.07, 6.45) is 1.66. The molecular weight excluding hydrogens is 276 g/mol. The molecule has 0 radical (unpaired) electrons. The Morgan fingerprint density at radius 3 is 2.68 bits per heavy atom. The van der Waals surface area contributed by atoms with Crippen molar-refractivity contribution in [2.24, 2.45) is 13.0 Å². The second-order valence-electron chi connectivity index (χ2n) is 6.41. The first kappa shape index (κ1) is 13.5. The van der Waals surface area contributed by atoms with E-state index < -0.39 is 0 Å². The van der Waals surface area contributed by atoms with Gasteiger partial charge in [-0.1, -0.05) is 24.3 Å². The maximum absolute atomic E-state index is 12.6. The summed E-state index contributed by atoms with van der Waals surface area (Å²) >= 11 is 0. The van der Waals surface area contributed by atoms with Gasteiger partial charge in [-0.05, 0) is 24.2 Å². The highest BCUT2D eigenvalue weighted by atomic mass is 16.2. The van der Waals surface area contributed by atoms with E-state index in [2.05, 4.69) is 46.6 Å². The number of nitrogens with zero attached hydrogens (tertiary/aromatic N) is 3. The zero-order valence-electron chi connectivity index (χ0n) is 12.9. The quantitative estimate of drug-likeness (QED) is 0.915. The number of benzene rings is 1. The maximum Gasteiger partial charge on any atom is 0.270 e. The number of hydrogen-bond acceptors (Lipinski definition) is 3. The summed E-state index contributed by atoms with van der Waals surface area (Å²) in [6, 6.07) is 10.4. The van der Waals surface area contributed by atoms with Crippen LogP contribution < -0.4 is 5.32 Å². The van der Waals surface area contributed by atoms with E-state index in [9.17, 15) is 4.79 Å². The summed E-state index contributed by atoms with van der Waals surface area (Å²) in [5.41, 5.74) is 3.28. The van der Waals surface area contributed by atoms with Gasteiger partial charge in [0.2, 0.25) is 0 Å². The first-order valence-corrected chi connectivity index (χ1v) is 7.71. The highest BCUT2D eigenvalue weighted by Gasteiger charge is 2.45. The molecule has 2 aliphatic rings. The van der Waals surface area contributed by atoms with Crippen LogP contribution in [0.1, 0.15) is 33.6 Å². The molecule has 1 saturated heterocycles. The molecule has 0 unspecified atom stereocenters. The molecule has 5 heteroatoms. The van der Waals surface area contributed by atoms with Crippen molar-refractivity contribution in [2.75, 3.05) is 20.1 Å². The van der Waals surface area contributed by atoms with Crippen molar-refractivity contribution in [1.29, 1.82) is 0 Å². The Morgan fingerprint density at radius 2 is 1.95 bits per heavy atom. The van der Waals surface area contributed by atoms with Gasteiger partial charge in [0.15, 0.2) is 0 Å². The molecule has 22 heavy (non-hydrogen) atoms. The van der Waals surface area contributed by atoms with E-state index in [0.717, 1.165) is 13.1 Å². The van der Waals surface area contributed by atoms with Crippen LogP contribution in [-0.2, 0) is 7.05 Å². The van der Waals surface area contributed by atoms with E-state index in [-0.39, 0.29) is 11.9 Å². The third-order valence-electron chi connectivity index (χ3n) is 5.05. The van der Waals surface area contributed by atoms with E-state index >= 15 is 0 Å². The van der Waals surface area contributed by atoms with Crippen molar-refractivity contribution in [3.63, 3.8) is 0 Å². The number of carbonyl (C=O) groups excluding carboxylic acids is 1. The Labute approximate surface area is 129 Å². The van der Waals surface area contributed by atoms with Gasteiger partial charge in [0, 0.05) is 38.2 Å². The Morgan fingerprint density at radius 1 is 1.18 bits per heavy atom. The molecule has 1 fully saturated rings. The van der Waals surface area contributed by atoms with Crippen molar-refractivity contribution in [2.45, 2.75) is 12.0 Å². The molecule has 1 N–H and O–H groups in total. The SMILES string of the molecule is CN1C[C@@H]2[C@H](NC(=O)c3ccnn3C)c3ccccc3[C@@H]2C1. The number of aryl methyl sites for hydroxylation is 1. The van der Waals surface area contributed by atoms with Crippen LogP contribution in [0.25, 0.3) is 0 Å². The fourth-order valence-corrected chi connectivity index (χ4v) is 4.06. The predicted octanol–water partition coefficient (Wildman–Crippen LogP) is 1.55. The number of aromatic nitrogens is 2. The summed E-state index contributed by atoms with van der Waals surface area (Å²) in [4.78, 5) is 14.9. The average molecular weight is 296 g/mol. The fourth-order valence-electron chi connectivity index (χ4n) is 4.06. The lowest BCUT2D eigenvalue weighted by atomic mass is 9.94. The van der Waals surface area contributed by atoms with Crippen molar-refractivity contribution < 1.29 is 4.79 Å². The molecule has 1 aliphatic heterocycles. The monoisotopic (exact) mass is 296 g/mol. The smallest absolute Gasteiger partial charge is 0.270 e. The molecule has 1 aromatic heterocycles. The minimum absolute atomic E-state index is 0.0463. The largest absolute Gasteiger partial charge is 0.344 e. The van der Waals surface area contributed by atoms with Crippen LogP contribution in [0, 0.1) is 5.92 Å². The zero-order chi connectivity index (χ0) is 15.3. The minimum Gasteiger partial charge on any atom is -0.344 e. The molecule has 1 aliphatic carbocycles. The molecule has 1 aromatic carbocycles. The van der Waals surface area contributed by atoms with E-state index in [0.29, 0.717) is 17.5 Å². The number of nitrogens with one attached hydrogen (secondary N) is 1. The van der Waals surface area contributed by atoms with Crippen LogP contribution in [0.15, 0.2) is 36.5 Å². The van der Waals surface area contributed by atoms with E-state index in [1.165, 1.54) is 11.1 Å². The Hall–Kier alpha value is -2.14. The highest BCUT2D eigenvalue weighted by molar-refractivity contribution is 5.92. The number of likely N-dealkylation sites (N-methyl/N-ethyl adjacent to an activating group) is 1. The van der Waals surface area contributed by atoms with Gasteiger partial charge >= 0.3 is 0 Å². The second-order valence-corrected chi connectivity index (χ2v) is 6.41. The van der Waals surface area contributed by atoms with E-state index in [1.807, 2.05) is 0 Å². The lowest BCUT2D eigenvalue weighted by Gasteiger charge is -2.21. The lowest BCUT2D eigenvalue weighted by molar-refractivity contribution is 0.0915. The number of fused-ring (bicyclic) bond motifs is 3. The van der Waals surface area contributed by atoms with Gasteiger partial charge in [0.25, 0.3) is 5.91 Å². The third-order valence-corrected chi connectivity index (χ3v) is 5.05. The first-order valence-electron chi connectivity index (χ1n) is 7.71. The van der Waals surface area contributed by atoms with Crippen LogP contribution in [0.2, 0.25) is 0 Å². The standard InChI is InChI=1S/C17H20N4O/c1-20-9-13-11-5-3-4-6-12(11)16(14(13)10-20)19-17(22)15-7-8-18-21(15)2/h3-8,13-14,16H,9-10H2,1-2H3,(H,19,22)/t13-,14-,16+/m0/s1. The summed E-state index contributed by atoms with van der Waals surface area (Å²) in [5, 5.41) is 7.33. The van der Waals surface area contributed by atoms with E-state index in [1.54, 1.807) is 24.0 Å². The first-order chi connectivity index (χ1) is 10.6. The molecule has 3 atom stereocenters. The van der Waals surface area contributed by atoms with Crippen molar-refractivity contribution in [1.82, 2.24) is 20.0 Å². The highest BCUT2D eigenvalue weighted by Crippen LogP contribution is 2.48. The van der Waals surface area contributed by atoms with Gasteiger partial charge in [-0.25, -0.2) is 0 Å². The van der Waals surface area contributed by atoms with Gasteiger partial charge in [0.1, 0.15) is 5.69 Å². The fraction of sp³-hybridized carbons (Fsp3) is 0.412. The van der Waals surface area contributed by atoms with Gasteiger partial charge in [-0.15, -0.1) is 0 Å². The average Bonchev–Trinajstić information content (AvgIpc) is 3.16. The Bertz CT molecular complexity index is 723. The normalized spacial score (nSPS) is 26.7. The molecule has 2 heterocycles. The Balaban J connectivity index is 1.66. The second kappa shape index (κ2) is 4.95. The minimum atomic E-state index is -0.0463. The molecule has 0 saturated carbocycles. The predicted molar refractivity (Wildman–Crippen MR) is 83.6 cm³/mol. The van der Waals surface area contributed by atoms with E-state index in [4.69, 9.17) is 0 Å². The van der Waals surface area contributed by atoms with Crippen molar-refractivity contribution in [3.05, 3.63) is 53.3 Å². The number of rotatable bonds is 2. The van der Waals surface area contributed by atoms with Gasteiger partial charge in [0.05, 0.1) is 6.04 Å². The molecular formula is C17H20N4O. The summed E-state index contributed by atoms with van der Waals surface area (Å²) in [7, 11) is 3.95.